The molecular formula is C12H21N3O2. The summed E-state index contributed by atoms with van der Waals surface area (Å²) in [7, 11) is 1.95. The molecule has 1 saturated heterocycles. The van der Waals surface area contributed by atoms with Gasteiger partial charge in [-0.1, -0.05) is 0 Å². The van der Waals surface area contributed by atoms with Crippen LogP contribution in [0.1, 0.15) is 37.5 Å². The molecule has 5 heteroatoms. The van der Waals surface area contributed by atoms with Crippen LogP contribution in [0.4, 0.5) is 0 Å². The van der Waals surface area contributed by atoms with E-state index in [9.17, 15) is 0 Å². The zero-order valence-electron chi connectivity index (χ0n) is 10.4. The maximum atomic E-state index is 5.58. The van der Waals surface area contributed by atoms with E-state index in [1.54, 1.807) is 0 Å². The van der Waals surface area contributed by atoms with E-state index in [1.165, 1.54) is 12.8 Å². The van der Waals surface area contributed by atoms with Gasteiger partial charge in [0.05, 0.1) is 6.10 Å². The van der Waals surface area contributed by atoms with Crippen molar-refractivity contribution >= 4 is 0 Å². The average Bonchev–Trinajstić information content (AvgIpc) is 2.98. The van der Waals surface area contributed by atoms with Crippen molar-refractivity contribution in [1.29, 1.82) is 0 Å². The molecule has 96 valence electrons. The smallest absolute Gasteiger partial charge is 0.216 e. The van der Waals surface area contributed by atoms with E-state index in [2.05, 4.69) is 15.5 Å². The van der Waals surface area contributed by atoms with Crippen LogP contribution in [-0.4, -0.2) is 36.5 Å². The van der Waals surface area contributed by atoms with Gasteiger partial charge in [-0.05, 0) is 39.3 Å². The van der Waals surface area contributed by atoms with Crippen molar-refractivity contribution in [3.05, 3.63) is 11.8 Å². The molecule has 1 aromatic heterocycles. The van der Waals surface area contributed by atoms with Gasteiger partial charge < -0.3 is 14.5 Å². The lowest BCUT2D eigenvalue weighted by Crippen LogP contribution is -2.08. The Bertz CT molecular complexity index is 321. The Hall–Kier alpha value is -0.940. The molecule has 1 aromatic rings. The summed E-state index contributed by atoms with van der Waals surface area (Å²) >= 11 is 0. The summed E-state index contributed by atoms with van der Waals surface area (Å²) in [5, 5.41) is 11.2. The Labute approximate surface area is 102 Å². The first-order chi connectivity index (χ1) is 8.38. The largest absolute Gasteiger partial charge is 0.425 e. The lowest BCUT2D eigenvalue weighted by atomic mass is 10.1. The van der Waals surface area contributed by atoms with Gasteiger partial charge in [0.25, 0.3) is 0 Å². The minimum atomic E-state index is 0.398. The summed E-state index contributed by atoms with van der Waals surface area (Å²) in [6.07, 6.45) is 6.47. The molecule has 2 rings (SSSR count). The zero-order valence-corrected chi connectivity index (χ0v) is 10.4. The second-order valence-corrected chi connectivity index (χ2v) is 4.47. The SMILES string of the molecule is CNCCCc1nnc(CCC2CCCO2)o1. The van der Waals surface area contributed by atoms with Crippen LogP contribution in [0.25, 0.3) is 0 Å². The molecule has 0 bridgehead atoms. The average molecular weight is 239 g/mol. The fourth-order valence-electron chi connectivity index (χ4n) is 2.06. The number of nitrogens with zero attached hydrogens (tertiary/aromatic N) is 2. The van der Waals surface area contributed by atoms with Gasteiger partial charge in [-0.15, -0.1) is 10.2 Å². The number of hydrogen-bond donors (Lipinski definition) is 1. The van der Waals surface area contributed by atoms with Gasteiger partial charge in [0, 0.05) is 19.4 Å². The van der Waals surface area contributed by atoms with Crippen LogP contribution >= 0.6 is 0 Å². The van der Waals surface area contributed by atoms with E-state index in [1.807, 2.05) is 7.05 Å². The third-order valence-electron chi connectivity index (χ3n) is 3.03. The minimum absolute atomic E-state index is 0.398. The van der Waals surface area contributed by atoms with E-state index in [0.29, 0.717) is 6.10 Å². The third kappa shape index (κ3) is 4.09. The molecule has 0 aromatic carbocycles. The van der Waals surface area contributed by atoms with E-state index >= 15 is 0 Å². The first-order valence-electron chi connectivity index (χ1n) is 6.46. The quantitative estimate of drug-likeness (QED) is 0.727. The molecule has 2 heterocycles. The topological polar surface area (TPSA) is 60.2 Å². The summed E-state index contributed by atoms with van der Waals surface area (Å²) in [4.78, 5) is 0. The summed E-state index contributed by atoms with van der Waals surface area (Å²) in [5.74, 6) is 1.50. The van der Waals surface area contributed by atoms with Crippen LogP contribution in [-0.2, 0) is 17.6 Å². The molecule has 1 N–H and O–H groups in total. The Morgan fingerprint density at radius 3 is 2.82 bits per heavy atom. The van der Waals surface area contributed by atoms with Crippen molar-refractivity contribution < 1.29 is 9.15 Å². The molecule has 0 aliphatic carbocycles. The number of ether oxygens (including phenoxy) is 1. The fraction of sp³-hybridized carbons (Fsp3) is 0.833. The highest BCUT2D eigenvalue weighted by molar-refractivity contribution is 4.83. The molecule has 1 atom stereocenters. The van der Waals surface area contributed by atoms with Crippen molar-refractivity contribution in [3.63, 3.8) is 0 Å². The predicted octanol–water partition coefficient (Wildman–Crippen LogP) is 1.33. The van der Waals surface area contributed by atoms with Crippen LogP contribution in [0.2, 0.25) is 0 Å². The monoisotopic (exact) mass is 239 g/mol. The molecule has 1 unspecified atom stereocenters. The highest BCUT2D eigenvalue weighted by Crippen LogP contribution is 2.17. The Kier molecular flexibility index (Phi) is 4.94. The number of aryl methyl sites for hydroxylation is 2. The molecule has 17 heavy (non-hydrogen) atoms. The van der Waals surface area contributed by atoms with E-state index in [4.69, 9.17) is 9.15 Å². The van der Waals surface area contributed by atoms with E-state index in [0.717, 1.165) is 50.6 Å². The van der Waals surface area contributed by atoms with Gasteiger partial charge in [-0.3, -0.25) is 0 Å². The Morgan fingerprint density at radius 1 is 1.29 bits per heavy atom. The highest BCUT2D eigenvalue weighted by atomic mass is 16.5. The van der Waals surface area contributed by atoms with Gasteiger partial charge in [-0.2, -0.15) is 0 Å². The standard InChI is InChI=1S/C12H21N3O2/c1-13-8-2-5-11-14-15-12(17-11)7-6-10-4-3-9-16-10/h10,13H,2-9H2,1H3. The van der Waals surface area contributed by atoms with Crippen molar-refractivity contribution in [1.82, 2.24) is 15.5 Å². The number of rotatable bonds is 7. The van der Waals surface area contributed by atoms with Gasteiger partial charge in [0.15, 0.2) is 0 Å². The van der Waals surface area contributed by atoms with Gasteiger partial charge in [-0.25, -0.2) is 0 Å². The summed E-state index contributed by atoms with van der Waals surface area (Å²) in [5.41, 5.74) is 0. The molecule has 1 aliphatic rings. The van der Waals surface area contributed by atoms with Crippen LogP contribution in [0.15, 0.2) is 4.42 Å². The maximum Gasteiger partial charge on any atom is 0.216 e. The molecular weight excluding hydrogens is 218 g/mol. The predicted molar refractivity (Wildman–Crippen MR) is 63.8 cm³/mol. The second-order valence-electron chi connectivity index (χ2n) is 4.47. The fourth-order valence-corrected chi connectivity index (χ4v) is 2.06. The van der Waals surface area contributed by atoms with Crippen molar-refractivity contribution in [3.8, 4) is 0 Å². The number of aromatic nitrogens is 2. The lowest BCUT2D eigenvalue weighted by molar-refractivity contribution is 0.103. The number of hydrogen-bond acceptors (Lipinski definition) is 5. The van der Waals surface area contributed by atoms with Crippen LogP contribution in [0.3, 0.4) is 0 Å². The van der Waals surface area contributed by atoms with Gasteiger partial charge >= 0.3 is 0 Å². The van der Waals surface area contributed by atoms with Crippen LogP contribution < -0.4 is 5.32 Å². The first kappa shape index (κ1) is 12.5. The van der Waals surface area contributed by atoms with Gasteiger partial charge in [0.1, 0.15) is 0 Å². The minimum Gasteiger partial charge on any atom is -0.425 e. The summed E-state index contributed by atoms with van der Waals surface area (Å²) in [6, 6.07) is 0. The van der Waals surface area contributed by atoms with Crippen LogP contribution in [0, 0.1) is 0 Å². The second kappa shape index (κ2) is 6.71. The lowest BCUT2D eigenvalue weighted by Gasteiger charge is -2.05. The molecule has 1 aliphatic heterocycles. The molecule has 5 nitrogen and oxygen atoms in total. The zero-order chi connectivity index (χ0) is 11.9. The molecule has 1 fully saturated rings. The van der Waals surface area contributed by atoms with Crippen molar-refractivity contribution in [2.75, 3.05) is 20.2 Å². The number of nitrogens with one attached hydrogen (secondary N) is 1. The summed E-state index contributed by atoms with van der Waals surface area (Å²) < 4.78 is 11.1. The van der Waals surface area contributed by atoms with E-state index in [-0.39, 0.29) is 0 Å². The maximum absolute atomic E-state index is 5.58. The van der Waals surface area contributed by atoms with E-state index < -0.39 is 0 Å². The molecule has 0 radical (unpaired) electrons. The van der Waals surface area contributed by atoms with Crippen molar-refractivity contribution in [2.24, 2.45) is 0 Å². The first-order valence-corrected chi connectivity index (χ1v) is 6.46. The molecule has 0 amide bonds. The molecule has 0 spiro atoms. The highest BCUT2D eigenvalue weighted by Gasteiger charge is 2.16. The van der Waals surface area contributed by atoms with Crippen LogP contribution in [0.5, 0.6) is 0 Å². The molecule has 0 saturated carbocycles. The third-order valence-corrected chi connectivity index (χ3v) is 3.03. The summed E-state index contributed by atoms with van der Waals surface area (Å²) in [6.45, 7) is 1.89. The normalized spacial score (nSPS) is 19.9. The Morgan fingerprint density at radius 2 is 2.12 bits per heavy atom. The van der Waals surface area contributed by atoms with Crippen molar-refractivity contribution in [2.45, 2.75) is 44.6 Å². The van der Waals surface area contributed by atoms with Gasteiger partial charge in [0.2, 0.25) is 11.8 Å². The Balaban J connectivity index is 1.69.